The van der Waals surface area contributed by atoms with E-state index in [-0.39, 0.29) is 41.0 Å². The third-order valence-electron chi connectivity index (χ3n) is 4.61. The van der Waals surface area contributed by atoms with E-state index in [1.807, 2.05) is 0 Å². The average Bonchev–Trinajstić information content (AvgIpc) is 3.21. The third kappa shape index (κ3) is 3.78. The molecule has 3 N–H and O–H groups in total. The maximum atomic E-state index is 12.1. The molecule has 1 atom stereocenters. The van der Waals surface area contributed by atoms with Crippen LogP contribution in [0.1, 0.15) is 32.5 Å². The summed E-state index contributed by atoms with van der Waals surface area (Å²) in [5.74, 6) is -4.53. The largest absolute Gasteiger partial charge is 0.478 e. The first-order valence-corrected chi connectivity index (χ1v) is 11.1. The molecule has 13 heteroatoms. The Labute approximate surface area is 179 Å². The highest BCUT2D eigenvalue weighted by atomic mass is 32.2. The minimum absolute atomic E-state index is 0.0261. The summed E-state index contributed by atoms with van der Waals surface area (Å²) >= 11 is 0.873. The van der Waals surface area contributed by atoms with Gasteiger partial charge in [-0.2, -0.15) is 8.42 Å². The van der Waals surface area contributed by atoms with Gasteiger partial charge in [0.25, 0.3) is 10.0 Å². The number of aliphatic carboxylic acids is 1. The summed E-state index contributed by atoms with van der Waals surface area (Å²) < 4.78 is 39.2. The van der Waals surface area contributed by atoms with Crippen LogP contribution in [0.3, 0.4) is 0 Å². The van der Waals surface area contributed by atoms with E-state index in [1.165, 1.54) is 6.07 Å². The molecule has 1 aromatic carbocycles. The number of nitrogens with zero attached hydrogens (tertiary/aromatic N) is 1. The second kappa shape index (κ2) is 7.76. The lowest BCUT2D eigenvalue weighted by Gasteiger charge is -2.23. The van der Waals surface area contributed by atoms with Crippen LogP contribution in [0.4, 0.5) is 5.00 Å². The summed E-state index contributed by atoms with van der Waals surface area (Å²) in [6.07, 6.45) is -0.522. The van der Waals surface area contributed by atoms with Gasteiger partial charge in [-0.05, 0) is 24.1 Å². The number of carboxylic acid groups (broad SMARTS) is 2. The van der Waals surface area contributed by atoms with E-state index in [9.17, 15) is 27.9 Å². The number of carbonyl (C=O) groups excluding carboxylic acids is 1. The molecular weight excluding hydrogens is 452 g/mol. The maximum absolute atomic E-state index is 12.1. The molecule has 0 saturated carbocycles. The molecule has 0 fully saturated rings. The highest BCUT2D eigenvalue weighted by molar-refractivity contribution is 7.90. The van der Waals surface area contributed by atoms with Crippen molar-refractivity contribution in [2.45, 2.75) is 17.4 Å². The minimum Gasteiger partial charge on any atom is -0.478 e. The van der Waals surface area contributed by atoms with Gasteiger partial charge in [0.2, 0.25) is 5.90 Å². The monoisotopic (exact) mass is 466 g/mol. The summed E-state index contributed by atoms with van der Waals surface area (Å²) in [5, 5.41) is 20.3. The molecule has 1 amide bonds. The van der Waals surface area contributed by atoms with Crippen molar-refractivity contribution >= 4 is 50.1 Å². The molecule has 2 aliphatic rings. The van der Waals surface area contributed by atoms with Crippen molar-refractivity contribution in [2.75, 3.05) is 18.5 Å². The number of carboxylic acids is 2. The Morgan fingerprint density at radius 3 is 2.71 bits per heavy atom. The second-order valence-electron chi connectivity index (χ2n) is 6.50. The first-order valence-electron chi connectivity index (χ1n) is 8.81. The molecule has 3 heterocycles. The Hall–Kier alpha value is -3.29. The van der Waals surface area contributed by atoms with Crippen LogP contribution in [0.25, 0.3) is 0 Å². The van der Waals surface area contributed by atoms with Crippen molar-refractivity contribution in [1.82, 2.24) is 0 Å². The first kappa shape index (κ1) is 21.0. The number of nitrogens with one attached hydrogen (secondary N) is 1. The smallest absolute Gasteiger partial charge is 0.394 e. The fourth-order valence-electron chi connectivity index (χ4n) is 3.30. The molecule has 0 aliphatic carbocycles. The topological polar surface area (TPSA) is 169 Å². The lowest BCUT2D eigenvalue weighted by Crippen LogP contribution is -2.23. The van der Waals surface area contributed by atoms with Crippen LogP contribution in [-0.4, -0.2) is 55.6 Å². The zero-order valence-corrected chi connectivity index (χ0v) is 17.2. The maximum Gasteiger partial charge on any atom is 0.394 e. The average molecular weight is 466 g/mol. The molecule has 0 spiro atoms. The van der Waals surface area contributed by atoms with Gasteiger partial charge < -0.3 is 25.0 Å². The van der Waals surface area contributed by atoms with Gasteiger partial charge in [0.05, 0.1) is 17.7 Å². The normalized spacial score (nSPS) is 18.5. The number of thiophene rings is 1. The predicted octanol–water partition coefficient (Wildman–Crippen LogP) is 1.25. The van der Waals surface area contributed by atoms with Crippen molar-refractivity contribution < 1.29 is 42.5 Å². The van der Waals surface area contributed by atoms with E-state index in [2.05, 4.69) is 9.71 Å². The number of benzene rings is 1. The Balaban J connectivity index is 1.61. The summed E-state index contributed by atoms with van der Waals surface area (Å²) in [5.41, 5.74) is 0.513. The van der Waals surface area contributed by atoms with E-state index in [1.54, 1.807) is 18.2 Å². The first-order chi connectivity index (χ1) is 14.7. The number of sulfonamides is 1. The molecule has 2 aromatic rings. The highest BCUT2D eigenvalue weighted by Crippen LogP contribution is 2.42. The van der Waals surface area contributed by atoms with E-state index in [0.29, 0.717) is 16.0 Å². The van der Waals surface area contributed by atoms with Crippen LogP contribution >= 0.6 is 11.3 Å². The second-order valence-corrected chi connectivity index (χ2v) is 9.13. The summed E-state index contributed by atoms with van der Waals surface area (Å²) in [6, 6.07) is 6.18. The number of amides is 1. The number of hydrogen-bond acceptors (Lipinski definition) is 8. The molecule has 0 bridgehead atoms. The van der Waals surface area contributed by atoms with Gasteiger partial charge in [0.1, 0.15) is 22.6 Å². The molecule has 11 nitrogen and oxygen atoms in total. The quantitative estimate of drug-likeness (QED) is 0.561. The van der Waals surface area contributed by atoms with E-state index in [0.717, 1.165) is 11.3 Å². The van der Waals surface area contributed by atoms with E-state index < -0.39 is 34.0 Å². The highest BCUT2D eigenvalue weighted by Gasteiger charge is 2.34. The Bertz CT molecular complexity index is 1250. The SMILES string of the molecule is O=C(O)C(=O)Nc1sc2c(c1C(=O)O)CCOC2COC1=NS(=O)(=O)c2ccccc21. The predicted molar refractivity (Wildman–Crippen MR) is 106 cm³/mol. The van der Waals surface area contributed by atoms with Gasteiger partial charge in [-0.25, -0.2) is 9.59 Å². The number of aromatic carboxylic acids is 1. The van der Waals surface area contributed by atoms with Crippen LogP contribution in [0.2, 0.25) is 0 Å². The molecule has 1 aromatic heterocycles. The van der Waals surface area contributed by atoms with Crippen LogP contribution in [-0.2, 0) is 35.5 Å². The number of carbonyl (C=O) groups is 3. The summed E-state index contributed by atoms with van der Waals surface area (Å²) in [6.45, 7) is -0.00665. The number of hydrogen-bond donors (Lipinski definition) is 3. The molecule has 2 aliphatic heterocycles. The Morgan fingerprint density at radius 1 is 1.26 bits per heavy atom. The van der Waals surface area contributed by atoms with Gasteiger partial charge in [-0.3, -0.25) is 4.79 Å². The molecule has 1 unspecified atom stereocenters. The van der Waals surface area contributed by atoms with Gasteiger partial charge in [-0.1, -0.05) is 12.1 Å². The fraction of sp³-hybridized carbons (Fsp3) is 0.222. The van der Waals surface area contributed by atoms with Crippen LogP contribution in [0, 0.1) is 0 Å². The van der Waals surface area contributed by atoms with E-state index in [4.69, 9.17) is 14.6 Å². The van der Waals surface area contributed by atoms with Crippen LogP contribution < -0.4 is 5.32 Å². The lowest BCUT2D eigenvalue weighted by molar-refractivity contribution is -0.147. The molecular formula is C18H14N2O9S2. The fourth-order valence-corrected chi connectivity index (χ4v) is 5.72. The third-order valence-corrected chi connectivity index (χ3v) is 7.16. The van der Waals surface area contributed by atoms with Crippen molar-refractivity contribution in [3.63, 3.8) is 0 Å². The zero-order valence-electron chi connectivity index (χ0n) is 15.5. The number of anilines is 1. The molecule has 0 radical (unpaired) electrons. The summed E-state index contributed by atoms with van der Waals surface area (Å²) in [7, 11) is -3.86. The number of ether oxygens (including phenoxy) is 2. The Kier molecular flexibility index (Phi) is 5.24. The molecule has 162 valence electrons. The molecule has 4 rings (SSSR count). The van der Waals surface area contributed by atoms with Crippen LogP contribution in [0.5, 0.6) is 0 Å². The summed E-state index contributed by atoms with van der Waals surface area (Å²) in [4.78, 5) is 34.6. The molecule has 31 heavy (non-hydrogen) atoms. The lowest BCUT2D eigenvalue weighted by atomic mass is 10.0. The number of rotatable bonds is 4. The Morgan fingerprint density at radius 2 is 2.00 bits per heavy atom. The minimum atomic E-state index is -3.86. The zero-order chi connectivity index (χ0) is 22.3. The van der Waals surface area contributed by atoms with Gasteiger partial charge in [0.15, 0.2) is 0 Å². The van der Waals surface area contributed by atoms with Gasteiger partial charge in [-0.15, -0.1) is 15.7 Å². The van der Waals surface area contributed by atoms with Crippen LogP contribution in [0.15, 0.2) is 33.6 Å². The van der Waals surface area contributed by atoms with Gasteiger partial charge >= 0.3 is 17.8 Å². The van der Waals surface area contributed by atoms with E-state index >= 15 is 0 Å². The standard InChI is InChI=1S/C18H14N2O9S2/c21-14(18(24)25)19-16-12(17(22)23)9-5-6-28-10(13(9)30-16)7-29-15-8-3-1-2-4-11(8)31(26,27)20-15/h1-4,10H,5-7H2,(H,19,21)(H,22,23)(H,24,25). The van der Waals surface area contributed by atoms with Gasteiger partial charge in [0, 0.05) is 4.88 Å². The molecule has 0 saturated heterocycles. The van der Waals surface area contributed by atoms with Crippen molar-refractivity contribution in [2.24, 2.45) is 4.40 Å². The van der Waals surface area contributed by atoms with Crippen molar-refractivity contribution in [1.29, 1.82) is 0 Å². The number of fused-ring (bicyclic) bond motifs is 2. The van der Waals surface area contributed by atoms with Crippen molar-refractivity contribution in [3.8, 4) is 0 Å². The van der Waals surface area contributed by atoms with Crippen molar-refractivity contribution in [3.05, 3.63) is 45.8 Å².